The Hall–Kier alpha value is -8.26. The van der Waals surface area contributed by atoms with Crippen LogP contribution in [0.1, 0.15) is 0 Å². The Kier molecular flexibility index (Phi) is 7.98. The molecule has 63 heavy (non-hydrogen) atoms. The minimum atomic E-state index is 1.21. The highest BCUT2D eigenvalue weighted by molar-refractivity contribution is 6.32. The molecule has 0 saturated carbocycles. The van der Waals surface area contributed by atoms with Gasteiger partial charge in [0.1, 0.15) is 0 Å². The quantitative estimate of drug-likeness (QED) is 0.158. The summed E-state index contributed by atoms with van der Waals surface area (Å²) >= 11 is 0. The predicted octanol–water partition coefficient (Wildman–Crippen LogP) is 17.1. The molecule has 0 unspecified atom stereocenters. The SMILES string of the molecule is c1ccc(-c2ccc(-c3ccc(-c4c5ccccc5cc5c4c4cccc6c7c(-c8ccc(-c9ccc(-c%10ccccc%10)cc9)cc8)c8ccccc8cc7n5c46)cc3)cc2)cc1. The highest BCUT2D eigenvalue weighted by Gasteiger charge is 2.24. The van der Waals surface area contributed by atoms with E-state index in [0.717, 1.165) is 0 Å². The smallest absolute Gasteiger partial charge is 0.0620 e. The normalized spacial score (nSPS) is 11.8. The van der Waals surface area contributed by atoms with Gasteiger partial charge in [0.15, 0.2) is 0 Å². The summed E-state index contributed by atoms with van der Waals surface area (Å²) in [4.78, 5) is 0. The molecule has 0 aliphatic rings. The van der Waals surface area contributed by atoms with Crippen molar-refractivity contribution in [1.29, 1.82) is 0 Å². The third-order valence-corrected chi connectivity index (χ3v) is 13.3. The number of fused-ring (bicyclic) bond motifs is 8. The maximum Gasteiger partial charge on any atom is 0.0620 e. The molecule has 292 valence electrons. The minimum absolute atomic E-state index is 1.21. The second-order valence-electron chi connectivity index (χ2n) is 16.8. The molecule has 13 rings (SSSR count). The third-order valence-electron chi connectivity index (χ3n) is 13.3. The monoisotopic (exact) mass is 797 g/mol. The highest BCUT2D eigenvalue weighted by Crippen LogP contribution is 2.49. The lowest BCUT2D eigenvalue weighted by atomic mass is 9.90. The van der Waals surface area contributed by atoms with Gasteiger partial charge < -0.3 is 4.40 Å². The summed E-state index contributed by atoms with van der Waals surface area (Å²) in [7, 11) is 0. The summed E-state index contributed by atoms with van der Waals surface area (Å²) in [5, 5.41) is 10.2. The Morgan fingerprint density at radius 3 is 0.873 bits per heavy atom. The van der Waals surface area contributed by atoms with Crippen LogP contribution in [0.2, 0.25) is 0 Å². The van der Waals surface area contributed by atoms with E-state index in [4.69, 9.17) is 0 Å². The molecule has 13 aromatic rings. The Labute approximate surface area is 365 Å². The average Bonchev–Trinajstić information content (AvgIpc) is 3.88. The first-order valence-corrected chi connectivity index (χ1v) is 21.8. The van der Waals surface area contributed by atoms with E-state index in [1.807, 2.05) is 0 Å². The van der Waals surface area contributed by atoms with Crippen LogP contribution in [0.25, 0.3) is 126 Å². The van der Waals surface area contributed by atoms with E-state index in [9.17, 15) is 0 Å². The van der Waals surface area contributed by atoms with E-state index < -0.39 is 0 Å². The van der Waals surface area contributed by atoms with Gasteiger partial charge in [0.2, 0.25) is 0 Å². The van der Waals surface area contributed by atoms with Crippen LogP contribution in [0.15, 0.2) is 237 Å². The van der Waals surface area contributed by atoms with Gasteiger partial charge in [-0.15, -0.1) is 0 Å². The van der Waals surface area contributed by atoms with E-state index in [2.05, 4.69) is 241 Å². The van der Waals surface area contributed by atoms with Crippen molar-refractivity contribution in [2.75, 3.05) is 0 Å². The number of nitrogens with zero attached hydrogens (tertiary/aromatic N) is 1. The van der Waals surface area contributed by atoms with Crippen LogP contribution in [0.5, 0.6) is 0 Å². The molecule has 0 bridgehead atoms. The van der Waals surface area contributed by atoms with Crippen LogP contribution in [0.4, 0.5) is 0 Å². The summed E-state index contributed by atoms with van der Waals surface area (Å²) in [5.41, 5.74) is 18.5. The molecule has 0 saturated heterocycles. The Morgan fingerprint density at radius 1 is 0.222 bits per heavy atom. The first kappa shape index (κ1) is 35.5. The van der Waals surface area contributed by atoms with Gasteiger partial charge in [-0.1, -0.05) is 224 Å². The van der Waals surface area contributed by atoms with Crippen molar-refractivity contribution in [3.8, 4) is 66.8 Å². The van der Waals surface area contributed by atoms with E-state index in [0.29, 0.717) is 0 Å². The van der Waals surface area contributed by atoms with Gasteiger partial charge in [0.25, 0.3) is 0 Å². The van der Waals surface area contributed by atoms with Gasteiger partial charge in [-0.05, 0) is 100 Å². The van der Waals surface area contributed by atoms with Gasteiger partial charge in [-0.25, -0.2) is 0 Å². The Bertz CT molecular complexity index is 3570. The molecule has 1 heteroatoms. The fourth-order valence-electron chi connectivity index (χ4n) is 10.4. The molecular formula is C62H39N. The summed E-state index contributed by atoms with van der Waals surface area (Å²) in [5.74, 6) is 0. The van der Waals surface area contributed by atoms with Gasteiger partial charge in [0, 0.05) is 21.5 Å². The fraction of sp³-hybridized carbons (Fsp3) is 0. The van der Waals surface area contributed by atoms with Crippen molar-refractivity contribution in [3.05, 3.63) is 237 Å². The van der Waals surface area contributed by atoms with Crippen molar-refractivity contribution in [1.82, 2.24) is 4.40 Å². The zero-order valence-electron chi connectivity index (χ0n) is 34.5. The lowest BCUT2D eigenvalue weighted by Crippen LogP contribution is -1.89. The summed E-state index contributed by atoms with van der Waals surface area (Å²) in [6.07, 6.45) is 0. The van der Waals surface area contributed by atoms with E-state index in [1.54, 1.807) is 0 Å². The van der Waals surface area contributed by atoms with E-state index in [-0.39, 0.29) is 0 Å². The summed E-state index contributed by atoms with van der Waals surface area (Å²) in [6.45, 7) is 0. The van der Waals surface area contributed by atoms with E-state index >= 15 is 0 Å². The first-order valence-electron chi connectivity index (χ1n) is 21.8. The molecule has 0 amide bonds. The first-order chi connectivity index (χ1) is 31.2. The highest BCUT2D eigenvalue weighted by atomic mass is 14.9. The fourth-order valence-corrected chi connectivity index (χ4v) is 10.4. The number of para-hydroxylation sites is 1. The standard InChI is InChI=1S/C62H39N/c1-3-12-40(13-4-1)42-22-26-44(27-23-42)46-30-34-48(35-31-46)58-52-18-9-7-16-50(52)38-56-60(58)54-20-11-21-55-61-57(63(56)62(54)55)39-51-17-8-10-19-53(51)59(61)49-36-32-47(33-37-49)45-28-24-43(25-29-45)41-14-5-2-6-15-41/h1-39H. The van der Waals surface area contributed by atoms with Crippen LogP contribution >= 0.6 is 0 Å². The Morgan fingerprint density at radius 2 is 0.508 bits per heavy atom. The lowest BCUT2D eigenvalue weighted by molar-refractivity contribution is 1.38. The van der Waals surface area contributed by atoms with Crippen molar-refractivity contribution >= 4 is 59.6 Å². The Balaban J connectivity index is 0.978. The van der Waals surface area contributed by atoms with Crippen molar-refractivity contribution in [3.63, 3.8) is 0 Å². The molecule has 0 radical (unpaired) electrons. The zero-order valence-corrected chi connectivity index (χ0v) is 34.5. The molecule has 0 aliphatic carbocycles. The second-order valence-corrected chi connectivity index (χ2v) is 16.8. The van der Waals surface area contributed by atoms with E-state index in [1.165, 1.54) is 126 Å². The second kappa shape index (κ2) is 14.2. The molecule has 0 N–H and O–H groups in total. The number of aromatic nitrogens is 1. The van der Waals surface area contributed by atoms with Crippen LogP contribution < -0.4 is 0 Å². The molecule has 2 heterocycles. The van der Waals surface area contributed by atoms with Gasteiger partial charge in [-0.3, -0.25) is 0 Å². The van der Waals surface area contributed by atoms with Gasteiger partial charge in [-0.2, -0.15) is 0 Å². The molecule has 0 spiro atoms. The van der Waals surface area contributed by atoms with Gasteiger partial charge in [0.05, 0.1) is 16.6 Å². The largest absolute Gasteiger partial charge is 0.308 e. The predicted molar refractivity (Wildman–Crippen MR) is 269 cm³/mol. The molecule has 0 aliphatic heterocycles. The van der Waals surface area contributed by atoms with Gasteiger partial charge >= 0.3 is 0 Å². The maximum absolute atomic E-state index is 2.56. The molecule has 11 aromatic carbocycles. The number of rotatable bonds is 6. The number of hydrogen-bond acceptors (Lipinski definition) is 0. The summed E-state index contributed by atoms with van der Waals surface area (Å²) in [6, 6.07) is 87.1. The van der Waals surface area contributed by atoms with Crippen LogP contribution in [0.3, 0.4) is 0 Å². The molecular weight excluding hydrogens is 759 g/mol. The molecule has 0 fully saturated rings. The van der Waals surface area contributed by atoms with Crippen LogP contribution in [-0.2, 0) is 0 Å². The third kappa shape index (κ3) is 5.64. The average molecular weight is 798 g/mol. The molecule has 0 atom stereocenters. The molecule has 1 nitrogen and oxygen atoms in total. The van der Waals surface area contributed by atoms with Crippen molar-refractivity contribution in [2.45, 2.75) is 0 Å². The van der Waals surface area contributed by atoms with Crippen molar-refractivity contribution < 1.29 is 0 Å². The molecule has 2 aromatic heterocycles. The van der Waals surface area contributed by atoms with Crippen molar-refractivity contribution in [2.24, 2.45) is 0 Å². The summed E-state index contributed by atoms with van der Waals surface area (Å²) < 4.78 is 2.56. The zero-order chi connectivity index (χ0) is 41.4. The topological polar surface area (TPSA) is 4.41 Å². The maximum atomic E-state index is 2.56. The number of hydrogen-bond donors (Lipinski definition) is 0. The van der Waals surface area contributed by atoms with Crippen LogP contribution in [-0.4, -0.2) is 4.40 Å². The minimum Gasteiger partial charge on any atom is -0.308 e. The van der Waals surface area contributed by atoms with Crippen LogP contribution in [0, 0.1) is 0 Å². The number of benzene rings is 11. The lowest BCUT2D eigenvalue weighted by Gasteiger charge is -2.14.